The maximum Gasteiger partial charge on any atom is 0.305 e. The number of carbonyl (C=O) groups excluding carboxylic acids is 1. The molecule has 2 unspecified atom stereocenters. The first-order valence-corrected chi connectivity index (χ1v) is 6.71. The molecule has 6 heteroatoms. The summed E-state index contributed by atoms with van der Waals surface area (Å²) in [6, 6.07) is 3.93. The predicted molar refractivity (Wildman–Crippen MR) is 71.8 cm³/mol. The van der Waals surface area contributed by atoms with Gasteiger partial charge >= 0.3 is 5.97 Å². The smallest absolute Gasteiger partial charge is 0.305 e. The van der Waals surface area contributed by atoms with Crippen LogP contribution < -0.4 is 0 Å². The molecule has 1 aromatic carbocycles. The molecule has 1 saturated heterocycles. The summed E-state index contributed by atoms with van der Waals surface area (Å²) in [5.74, 6) is -1.53. The van der Waals surface area contributed by atoms with Crippen molar-refractivity contribution in [3.8, 4) is 0 Å². The molecule has 108 valence electrons. The highest BCUT2D eigenvalue weighted by Crippen LogP contribution is 2.29. The second-order valence-electron chi connectivity index (χ2n) is 5.12. The van der Waals surface area contributed by atoms with Crippen molar-refractivity contribution < 1.29 is 19.1 Å². The van der Waals surface area contributed by atoms with Crippen LogP contribution in [0.5, 0.6) is 0 Å². The van der Waals surface area contributed by atoms with E-state index < -0.39 is 11.8 Å². The van der Waals surface area contributed by atoms with E-state index in [4.69, 9.17) is 16.7 Å². The van der Waals surface area contributed by atoms with Crippen LogP contribution in [-0.4, -0.2) is 27.9 Å². The van der Waals surface area contributed by atoms with Crippen LogP contribution >= 0.6 is 11.6 Å². The van der Waals surface area contributed by atoms with Crippen LogP contribution in [0.1, 0.15) is 25.3 Å². The van der Waals surface area contributed by atoms with E-state index in [1.807, 2.05) is 6.92 Å². The number of carboxylic acid groups (broad SMARTS) is 1. The van der Waals surface area contributed by atoms with Crippen LogP contribution in [-0.2, 0) is 16.1 Å². The minimum atomic E-state index is -0.932. The van der Waals surface area contributed by atoms with Crippen molar-refractivity contribution in [3.63, 3.8) is 0 Å². The summed E-state index contributed by atoms with van der Waals surface area (Å²) < 4.78 is 13.1. The second kappa shape index (κ2) is 5.79. The van der Waals surface area contributed by atoms with Crippen molar-refractivity contribution in [2.45, 2.75) is 32.4 Å². The van der Waals surface area contributed by atoms with Gasteiger partial charge in [-0.1, -0.05) is 24.6 Å². The van der Waals surface area contributed by atoms with Crippen LogP contribution in [0.2, 0.25) is 5.02 Å². The summed E-state index contributed by atoms with van der Waals surface area (Å²) in [4.78, 5) is 24.4. The zero-order valence-electron chi connectivity index (χ0n) is 11.0. The number of carbonyl (C=O) groups is 2. The normalized spacial score (nSPS) is 22.4. The van der Waals surface area contributed by atoms with Crippen LogP contribution in [0.25, 0.3) is 0 Å². The summed E-state index contributed by atoms with van der Waals surface area (Å²) in [7, 11) is 0. The van der Waals surface area contributed by atoms with Gasteiger partial charge < -0.3 is 10.0 Å². The Hall–Kier alpha value is -1.62. The molecule has 1 amide bonds. The first-order valence-electron chi connectivity index (χ1n) is 6.33. The number of nitrogens with zero attached hydrogens (tertiary/aromatic N) is 1. The Morgan fingerprint density at radius 3 is 2.85 bits per heavy atom. The number of amides is 1. The standard InChI is InChI=1S/C14H15ClFNO3/c1-8-4-13(18)17(12(8)6-14(19)20)7-9-2-3-11(16)10(15)5-9/h2-3,5,8,12H,4,6-7H2,1H3,(H,19,20). The van der Waals surface area contributed by atoms with E-state index in [1.165, 1.54) is 12.1 Å². The molecule has 0 aliphatic carbocycles. The molecule has 1 aliphatic rings. The second-order valence-corrected chi connectivity index (χ2v) is 5.52. The number of halogens is 2. The minimum Gasteiger partial charge on any atom is -0.481 e. The molecule has 0 saturated carbocycles. The van der Waals surface area contributed by atoms with Gasteiger partial charge in [0, 0.05) is 19.0 Å². The number of aliphatic carboxylic acids is 1. The largest absolute Gasteiger partial charge is 0.481 e. The van der Waals surface area contributed by atoms with E-state index in [2.05, 4.69) is 0 Å². The molecular weight excluding hydrogens is 285 g/mol. The average molecular weight is 300 g/mol. The number of carboxylic acids is 1. The number of hydrogen-bond acceptors (Lipinski definition) is 2. The molecule has 1 fully saturated rings. The molecule has 1 aliphatic heterocycles. The van der Waals surface area contributed by atoms with E-state index in [-0.39, 0.29) is 35.9 Å². The third-order valence-corrected chi connectivity index (χ3v) is 3.88. The summed E-state index contributed by atoms with van der Waals surface area (Å²) in [5.41, 5.74) is 0.689. The third-order valence-electron chi connectivity index (χ3n) is 3.59. The Morgan fingerprint density at radius 1 is 1.55 bits per heavy atom. The minimum absolute atomic E-state index is 0.00280. The molecule has 4 nitrogen and oxygen atoms in total. The van der Waals surface area contributed by atoms with Gasteiger partial charge in [-0.15, -0.1) is 0 Å². The van der Waals surface area contributed by atoms with Gasteiger partial charge in [-0.25, -0.2) is 4.39 Å². The Morgan fingerprint density at radius 2 is 2.25 bits per heavy atom. The van der Waals surface area contributed by atoms with Crippen molar-refractivity contribution in [1.29, 1.82) is 0 Å². The lowest BCUT2D eigenvalue weighted by atomic mass is 10.00. The quantitative estimate of drug-likeness (QED) is 0.930. The number of benzene rings is 1. The molecule has 20 heavy (non-hydrogen) atoms. The summed E-state index contributed by atoms with van der Waals surface area (Å²) >= 11 is 5.71. The van der Waals surface area contributed by atoms with Crippen molar-refractivity contribution in [3.05, 3.63) is 34.6 Å². The van der Waals surface area contributed by atoms with Crippen LogP contribution in [0, 0.1) is 11.7 Å². The van der Waals surface area contributed by atoms with Crippen molar-refractivity contribution in [2.75, 3.05) is 0 Å². The molecule has 0 aromatic heterocycles. The van der Waals surface area contributed by atoms with Gasteiger partial charge in [-0.3, -0.25) is 9.59 Å². The van der Waals surface area contributed by atoms with E-state index in [0.717, 1.165) is 0 Å². The van der Waals surface area contributed by atoms with Gasteiger partial charge in [0.2, 0.25) is 5.91 Å². The summed E-state index contributed by atoms with van der Waals surface area (Å²) in [6.45, 7) is 2.12. The summed E-state index contributed by atoms with van der Waals surface area (Å²) in [5, 5.41) is 8.93. The lowest BCUT2D eigenvalue weighted by Gasteiger charge is -2.26. The van der Waals surface area contributed by atoms with E-state index in [1.54, 1.807) is 11.0 Å². The highest BCUT2D eigenvalue weighted by Gasteiger charge is 2.38. The molecule has 0 radical (unpaired) electrons. The fourth-order valence-corrected chi connectivity index (χ4v) is 2.75. The van der Waals surface area contributed by atoms with Crippen LogP contribution in [0.3, 0.4) is 0 Å². The number of rotatable bonds is 4. The van der Waals surface area contributed by atoms with E-state index in [0.29, 0.717) is 12.0 Å². The first-order chi connectivity index (χ1) is 9.38. The Balaban J connectivity index is 2.18. The van der Waals surface area contributed by atoms with E-state index in [9.17, 15) is 14.0 Å². The SMILES string of the molecule is CC1CC(=O)N(Cc2ccc(F)c(Cl)c2)C1CC(=O)O. The number of likely N-dealkylation sites (tertiary alicyclic amines) is 1. The summed E-state index contributed by atoms with van der Waals surface area (Å²) in [6.07, 6.45) is 0.259. The molecular formula is C14H15ClFNO3. The average Bonchev–Trinajstić information content (AvgIpc) is 2.60. The predicted octanol–water partition coefficient (Wildman–Crippen LogP) is 2.69. The van der Waals surface area contributed by atoms with Gasteiger partial charge in [-0.2, -0.15) is 0 Å². The molecule has 1 heterocycles. The molecule has 1 aromatic rings. The molecule has 1 N–H and O–H groups in total. The molecule has 0 bridgehead atoms. The topological polar surface area (TPSA) is 57.6 Å². The van der Waals surface area contributed by atoms with Crippen LogP contribution in [0.15, 0.2) is 18.2 Å². The van der Waals surface area contributed by atoms with Gasteiger partial charge in [0.15, 0.2) is 0 Å². The van der Waals surface area contributed by atoms with Crippen molar-refractivity contribution in [2.24, 2.45) is 5.92 Å². The van der Waals surface area contributed by atoms with Crippen molar-refractivity contribution in [1.82, 2.24) is 4.90 Å². The number of hydrogen-bond donors (Lipinski definition) is 1. The lowest BCUT2D eigenvalue weighted by Crippen LogP contribution is -2.36. The monoisotopic (exact) mass is 299 g/mol. The van der Waals surface area contributed by atoms with Gasteiger partial charge in [0.1, 0.15) is 5.82 Å². The third kappa shape index (κ3) is 3.10. The van der Waals surface area contributed by atoms with Crippen molar-refractivity contribution >= 4 is 23.5 Å². The first kappa shape index (κ1) is 14.8. The Kier molecular flexibility index (Phi) is 4.28. The molecule has 2 atom stereocenters. The lowest BCUT2D eigenvalue weighted by molar-refractivity contribution is -0.139. The molecule has 0 spiro atoms. The fraction of sp³-hybridized carbons (Fsp3) is 0.429. The zero-order chi connectivity index (χ0) is 14.9. The Labute approximate surface area is 121 Å². The van der Waals surface area contributed by atoms with Gasteiger partial charge in [0.25, 0.3) is 0 Å². The van der Waals surface area contributed by atoms with Crippen LogP contribution in [0.4, 0.5) is 4.39 Å². The highest BCUT2D eigenvalue weighted by molar-refractivity contribution is 6.30. The van der Waals surface area contributed by atoms with Gasteiger partial charge in [-0.05, 0) is 23.6 Å². The van der Waals surface area contributed by atoms with Gasteiger partial charge in [0.05, 0.1) is 11.4 Å². The fourth-order valence-electron chi connectivity index (χ4n) is 2.55. The Bertz CT molecular complexity index is 549. The van der Waals surface area contributed by atoms with E-state index >= 15 is 0 Å². The highest BCUT2D eigenvalue weighted by atomic mass is 35.5. The maximum atomic E-state index is 13.1. The molecule has 2 rings (SSSR count). The maximum absolute atomic E-state index is 13.1. The zero-order valence-corrected chi connectivity index (χ0v) is 11.7.